The van der Waals surface area contributed by atoms with Gasteiger partial charge in [0.15, 0.2) is 0 Å². The molecule has 0 radical (unpaired) electrons. The van der Waals surface area contributed by atoms with Crippen LogP contribution in [0.4, 0.5) is 0 Å². The summed E-state index contributed by atoms with van der Waals surface area (Å²) >= 11 is 1.36. The Labute approximate surface area is 119 Å². The molecule has 1 saturated carbocycles. The second-order valence-corrected chi connectivity index (χ2v) is 8.14. The van der Waals surface area contributed by atoms with Crippen LogP contribution < -0.4 is 10.0 Å². The van der Waals surface area contributed by atoms with Crippen LogP contribution in [0.3, 0.4) is 0 Å². The topological polar surface area (TPSA) is 58.2 Å². The Morgan fingerprint density at radius 1 is 1.37 bits per heavy atom. The van der Waals surface area contributed by atoms with Crippen molar-refractivity contribution >= 4 is 21.4 Å². The lowest BCUT2D eigenvalue weighted by atomic mass is 10.3. The van der Waals surface area contributed by atoms with Gasteiger partial charge in [-0.1, -0.05) is 20.3 Å². The monoisotopic (exact) mass is 302 g/mol. The van der Waals surface area contributed by atoms with Crippen LogP contribution in [0.25, 0.3) is 0 Å². The van der Waals surface area contributed by atoms with E-state index in [2.05, 4.69) is 23.9 Å². The van der Waals surface area contributed by atoms with Gasteiger partial charge in [-0.25, -0.2) is 13.1 Å². The van der Waals surface area contributed by atoms with Crippen molar-refractivity contribution in [3.63, 3.8) is 0 Å². The summed E-state index contributed by atoms with van der Waals surface area (Å²) in [5.74, 6) is 0.528. The van der Waals surface area contributed by atoms with Crippen LogP contribution in [0.15, 0.2) is 16.3 Å². The minimum Gasteiger partial charge on any atom is -0.312 e. The van der Waals surface area contributed by atoms with Gasteiger partial charge in [0, 0.05) is 17.5 Å². The van der Waals surface area contributed by atoms with Crippen molar-refractivity contribution < 1.29 is 8.42 Å². The van der Waals surface area contributed by atoms with Crippen LogP contribution >= 0.6 is 11.3 Å². The normalized spacial score (nSPS) is 22.6. The Morgan fingerprint density at radius 3 is 2.79 bits per heavy atom. The first-order chi connectivity index (χ1) is 9.06. The van der Waals surface area contributed by atoms with Gasteiger partial charge in [0.05, 0.1) is 0 Å². The quantitative estimate of drug-likeness (QED) is 0.725. The highest BCUT2D eigenvalue weighted by molar-refractivity contribution is 7.91. The molecule has 2 atom stereocenters. The predicted molar refractivity (Wildman–Crippen MR) is 78.8 cm³/mol. The highest BCUT2D eigenvalue weighted by Gasteiger charge is 2.38. The standard InChI is InChI=1S/C13H22N2O2S2/c1-3-7-14-9-11-5-6-13(18-11)19(16,17)15-12-8-10(12)4-2/h5-6,10,12,14-15H,3-4,7-9H2,1-2H3. The fourth-order valence-corrected chi connectivity index (χ4v) is 4.75. The molecule has 1 aliphatic carbocycles. The molecule has 19 heavy (non-hydrogen) atoms. The molecular formula is C13H22N2O2S2. The molecule has 0 bridgehead atoms. The second-order valence-electron chi connectivity index (χ2n) is 5.03. The lowest BCUT2D eigenvalue weighted by molar-refractivity contribution is 0.578. The van der Waals surface area contributed by atoms with Crippen molar-refractivity contribution in [1.29, 1.82) is 0 Å². The van der Waals surface area contributed by atoms with E-state index in [4.69, 9.17) is 0 Å². The van der Waals surface area contributed by atoms with Gasteiger partial charge < -0.3 is 5.32 Å². The van der Waals surface area contributed by atoms with E-state index >= 15 is 0 Å². The molecule has 1 fully saturated rings. The summed E-state index contributed by atoms with van der Waals surface area (Å²) in [6.45, 7) is 5.91. The van der Waals surface area contributed by atoms with E-state index in [1.807, 2.05) is 6.07 Å². The smallest absolute Gasteiger partial charge is 0.250 e. The van der Waals surface area contributed by atoms with Gasteiger partial charge in [-0.15, -0.1) is 11.3 Å². The average Bonchev–Trinajstić information content (AvgIpc) is 2.92. The summed E-state index contributed by atoms with van der Waals surface area (Å²) in [6, 6.07) is 3.75. The van der Waals surface area contributed by atoms with Gasteiger partial charge >= 0.3 is 0 Å². The minimum atomic E-state index is -3.31. The van der Waals surface area contributed by atoms with E-state index in [0.29, 0.717) is 10.1 Å². The summed E-state index contributed by atoms with van der Waals surface area (Å²) in [5.41, 5.74) is 0. The first kappa shape index (κ1) is 15.0. The van der Waals surface area contributed by atoms with E-state index in [1.165, 1.54) is 11.3 Å². The summed E-state index contributed by atoms with van der Waals surface area (Å²) in [7, 11) is -3.31. The fraction of sp³-hybridized carbons (Fsp3) is 0.692. The second kappa shape index (κ2) is 6.35. The van der Waals surface area contributed by atoms with Gasteiger partial charge in [0.1, 0.15) is 4.21 Å². The Bertz CT molecular complexity index is 510. The lowest BCUT2D eigenvalue weighted by Crippen LogP contribution is -2.26. The van der Waals surface area contributed by atoms with Crippen LogP contribution in [0.1, 0.15) is 38.0 Å². The summed E-state index contributed by atoms with van der Waals surface area (Å²) in [4.78, 5) is 1.07. The minimum absolute atomic E-state index is 0.152. The van der Waals surface area contributed by atoms with Crippen LogP contribution in [-0.4, -0.2) is 21.0 Å². The highest BCUT2D eigenvalue weighted by Crippen LogP contribution is 2.35. The van der Waals surface area contributed by atoms with Crippen LogP contribution in [-0.2, 0) is 16.6 Å². The molecule has 1 aromatic heterocycles. The zero-order valence-corrected chi connectivity index (χ0v) is 13.1. The van der Waals surface area contributed by atoms with Gasteiger partial charge in [0.25, 0.3) is 0 Å². The predicted octanol–water partition coefficient (Wildman–Crippen LogP) is 2.32. The van der Waals surface area contributed by atoms with E-state index in [1.54, 1.807) is 6.07 Å². The highest BCUT2D eigenvalue weighted by atomic mass is 32.2. The third-order valence-electron chi connectivity index (χ3n) is 3.38. The van der Waals surface area contributed by atoms with Crippen molar-refractivity contribution in [2.75, 3.05) is 6.54 Å². The van der Waals surface area contributed by atoms with E-state index < -0.39 is 10.0 Å². The summed E-state index contributed by atoms with van der Waals surface area (Å²) < 4.78 is 27.6. The van der Waals surface area contributed by atoms with Crippen molar-refractivity contribution in [2.24, 2.45) is 5.92 Å². The summed E-state index contributed by atoms with van der Waals surface area (Å²) in [6.07, 6.45) is 3.11. The first-order valence-corrected chi connectivity index (χ1v) is 9.18. The Balaban J connectivity index is 1.93. The molecule has 2 N–H and O–H groups in total. The van der Waals surface area contributed by atoms with Crippen molar-refractivity contribution in [2.45, 2.75) is 49.9 Å². The van der Waals surface area contributed by atoms with Gasteiger partial charge in [-0.05, 0) is 37.4 Å². The van der Waals surface area contributed by atoms with Crippen molar-refractivity contribution in [3.8, 4) is 0 Å². The number of hydrogen-bond acceptors (Lipinski definition) is 4. The van der Waals surface area contributed by atoms with Crippen LogP contribution in [0, 0.1) is 5.92 Å². The van der Waals surface area contributed by atoms with E-state index in [-0.39, 0.29) is 6.04 Å². The molecule has 0 aliphatic heterocycles. The number of thiophene rings is 1. The molecule has 0 aromatic carbocycles. The van der Waals surface area contributed by atoms with Crippen LogP contribution in [0.5, 0.6) is 0 Å². The number of sulfonamides is 1. The lowest BCUT2D eigenvalue weighted by Gasteiger charge is -2.03. The van der Waals surface area contributed by atoms with Crippen molar-refractivity contribution in [1.82, 2.24) is 10.0 Å². The summed E-state index contributed by atoms with van der Waals surface area (Å²) in [5, 5.41) is 3.28. The largest absolute Gasteiger partial charge is 0.312 e. The molecule has 0 spiro atoms. The molecule has 2 rings (SSSR count). The third-order valence-corrected chi connectivity index (χ3v) is 6.45. The maximum atomic E-state index is 12.2. The molecule has 6 heteroatoms. The molecule has 1 heterocycles. The molecule has 0 amide bonds. The zero-order chi connectivity index (χ0) is 13.9. The van der Waals surface area contributed by atoms with Gasteiger partial charge in [0.2, 0.25) is 10.0 Å². The Hall–Kier alpha value is -0.430. The number of rotatable bonds is 8. The molecule has 1 aromatic rings. The average molecular weight is 302 g/mol. The van der Waals surface area contributed by atoms with E-state index in [0.717, 1.165) is 37.2 Å². The molecule has 4 nitrogen and oxygen atoms in total. The molecular weight excluding hydrogens is 280 g/mol. The maximum absolute atomic E-state index is 12.2. The third kappa shape index (κ3) is 4.02. The molecule has 2 unspecified atom stereocenters. The zero-order valence-electron chi connectivity index (χ0n) is 11.5. The van der Waals surface area contributed by atoms with E-state index in [9.17, 15) is 8.42 Å². The Kier molecular flexibility index (Phi) is 5.00. The maximum Gasteiger partial charge on any atom is 0.250 e. The van der Waals surface area contributed by atoms with Gasteiger partial charge in [-0.2, -0.15) is 0 Å². The number of hydrogen-bond donors (Lipinski definition) is 2. The van der Waals surface area contributed by atoms with Crippen molar-refractivity contribution in [3.05, 3.63) is 17.0 Å². The fourth-order valence-electron chi connectivity index (χ4n) is 2.09. The van der Waals surface area contributed by atoms with Crippen LogP contribution in [0.2, 0.25) is 0 Å². The number of nitrogens with one attached hydrogen (secondary N) is 2. The Morgan fingerprint density at radius 2 is 2.16 bits per heavy atom. The molecule has 0 saturated heterocycles. The molecule has 1 aliphatic rings. The molecule has 108 valence electrons. The van der Waals surface area contributed by atoms with Gasteiger partial charge in [-0.3, -0.25) is 0 Å². The first-order valence-electron chi connectivity index (χ1n) is 6.88. The SMILES string of the molecule is CCCNCc1ccc(S(=O)(=O)NC2CC2CC)s1.